The van der Waals surface area contributed by atoms with Crippen molar-refractivity contribution >= 4 is 0 Å². The predicted octanol–water partition coefficient (Wildman–Crippen LogP) is 2.41. The van der Waals surface area contributed by atoms with Crippen molar-refractivity contribution < 1.29 is 0 Å². The summed E-state index contributed by atoms with van der Waals surface area (Å²) in [7, 11) is 1.88. The van der Waals surface area contributed by atoms with Gasteiger partial charge >= 0.3 is 0 Å². The summed E-state index contributed by atoms with van der Waals surface area (Å²) in [6.07, 6.45) is 7.41. The number of hydrogen-bond acceptors (Lipinski definition) is 1. The van der Waals surface area contributed by atoms with Gasteiger partial charge in [0.2, 0.25) is 0 Å². The SMILES string of the molecule is C=C/C=C\C(NC)=C(/C)C=C. The summed E-state index contributed by atoms with van der Waals surface area (Å²) in [5.41, 5.74) is 2.20. The molecular formula is C10H15N. The Hall–Kier alpha value is -1.24. The Morgan fingerprint density at radius 2 is 2.00 bits per heavy atom. The fourth-order valence-corrected chi connectivity index (χ4v) is 0.686. The van der Waals surface area contributed by atoms with E-state index in [0.29, 0.717) is 0 Å². The fraction of sp³-hybridized carbons (Fsp3) is 0.200. The fourth-order valence-electron chi connectivity index (χ4n) is 0.686. The first kappa shape index (κ1) is 9.76. The Morgan fingerprint density at radius 1 is 1.36 bits per heavy atom. The number of rotatable bonds is 4. The van der Waals surface area contributed by atoms with Crippen molar-refractivity contribution in [1.29, 1.82) is 0 Å². The van der Waals surface area contributed by atoms with E-state index < -0.39 is 0 Å². The lowest BCUT2D eigenvalue weighted by Crippen LogP contribution is -2.04. The summed E-state index contributed by atoms with van der Waals surface area (Å²) < 4.78 is 0. The molecule has 0 aliphatic rings. The molecule has 0 aromatic rings. The molecule has 0 saturated carbocycles. The van der Waals surface area contributed by atoms with Crippen LogP contribution in [-0.2, 0) is 0 Å². The molecule has 0 aromatic carbocycles. The van der Waals surface area contributed by atoms with Crippen LogP contribution in [0.4, 0.5) is 0 Å². The van der Waals surface area contributed by atoms with Crippen molar-refractivity contribution in [2.75, 3.05) is 7.05 Å². The van der Waals surface area contributed by atoms with E-state index in [2.05, 4.69) is 18.5 Å². The average molecular weight is 149 g/mol. The third-order valence-electron chi connectivity index (χ3n) is 1.40. The molecule has 60 valence electrons. The Bertz CT molecular complexity index is 197. The van der Waals surface area contributed by atoms with Gasteiger partial charge in [0, 0.05) is 12.7 Å². The minimum atomic E-state index is 1.07. The maximum Gasteiger partial charge on any atom is 0.0367 e. The first-order valence-electron chi connectivity index (χ1n) is 3.56. The second-order valence-electron chi connectivity index (χ2n) is 2.15. The van der Waals surface area contributed by atoms with Crippen molar-refractivity contribution in [3.05, 3.63) is 48.7 Å². The largest absolute Gasteiger partial charge is 0.388 e. The van der Waals surface area contributed by atoms with Gasteiger partial charge in [-0.15, -0.1) is 0 Å². The zero-order valence-corrected chi connectivity index (χ0v) is 7.22. The van der Waals surface area contributed by atoms with Gasteiger partial charge in [0.05, 0.1) is 0 Å². The summed E-state index contributed by atoms with van der Waals surface area (Å²) in [5.74, 6) is 0. The Morgan fingerprint density at radius 3 is 2.36 bits per heavy atom. The maximum absolute atomic E-state index is 3.68. The van der Waals surface area contributed by atoms with Crippen LogP contribution in [0.5, 0.6) is 0 Å². The second kappa shape index (κ2) is 5.54. The smallest absolute Gasteiger partial charge is 0.0367 e. The molecule has 0 aliphatic carbocycles. The van der Waals surface area contributed by atoms with Gasteiger partial charge in [-0.05, 0) is 18.6 Å². The van der Waals surface area contributed by atoms with Crippen LogP contribution in [-0.4, -0.2) is 7.05 Å². The standard InChI is InChI=1S/C10H15N/c1-5-7-8-10(11-4)9(3)6-2/h5-8,11H,1-2H2,3-4H3/b8-7-,10-9-. The van der Waals surface area contributed by atoms with Gasteiger partial charge in [-0.25, -0.2) is 0 Å². The summed E-state index contributed by atoms with van der Waals surface area (Å²) in [6.45, 7) is 9.28. The van der Waals surface area contributed by atoms with E-state index in [1.807, 2.05) is 32.2 Å². The van der Waals surface area contributed by atoms with Crippen LogP contribution in [0.25, 0.3) is 0 Å². The van der Waals surface area contributed by atoms with Gasteiger partial charge < -0.3 is 5.32 Å². The topological polar surface area (TPSA) is 12.0 Å². The van der Waals surface area contributed by atoms with E-state index in [1.165, 1.54) is 0 Å². The van der Waals surface area contributed by atoms with Crippen molar-refractivity contribution in [2.24, 2.45) is 0 Å². The van der Waals surface area contributed by atoms with Crippen LogP contribution in [0.2, 0.25) is 0 Å². The van der Waals surface area contributed by atoms with Crippen LogP contribution in [0.1, 0.15) is 6.92 Å². The highest BCUT2D eigenvalue weighted by molar-refractivity contribution is 5.30. The molecule has 0 spiro atoms. The molecule has 0 rings (SSSR count). The van der Waals surface area contributed by atoms with E-state index in [0.717, 1.165) is 11.3 Å². The van der Waals surface area contributed by atoms with Crippen LogP contribution in [0, 0.1) is 0 Å². The third-order valence-corrected chi connectivity index (χ3v) is 1.40. The van der Waals surface area contributed by atoms with Crippen LogP contribution >= 0.6 is 0 Å². The third kappa shape index (κ3) is 3.46. The van der Waals surface area contributed by atoms with Gasteiger partial charge in [0.15, 0.2) is 0 Å². The first-order valence-corrected chi connectivity index (χ1v) is 3.56. The molecule has 1 N–H and O–H groups in total. The molecule has 0 radical (unpaired) electrons. The molecule has 0 bridgehead atoms. The predicted molar refractivity (Wildman–Crippen MR) is 51.3 cm³/mol. The molecule has 0 aromatic heterocycles. The molecule has 11 heavy (non-hydrogen) atoms. The number of allylic oxidation sites excluding steroid dienone is 5. The zero-order chi connectivity index (χ0) is 8.69. The van der Waals surface area contributed by atoms with E-state index in [4.69, 9.17) is 0 Å². The Kier molecular flexibility index (Phi) is 4.91. The lowest BCUT2D eigenvalue weighted by atomic mass is 10.2. The summed E-state index contributed by atoms with van der Waals surface area (Å²) in [4.78, 5) is 0. The van der Waals surface area contributed by atoms with Crippen molar-refractivity contribution in [3.63, 3.8) is 0 Å². The van der Waals surface area contributed by atoms with Crippen molar-refractivity contribution in [2.45, 2.75) is 6.92 Å². The summed E-state index contributed by atoms with van der Waals surface area (Å²) >= 11 is 0. The highest BCUT2D eigenvalue weighted by atomic mass is 14.8. The highest BCUT2D eigenvalue weighted by Crippen LogP contribution is 2.02. The average Bonchev–Trinajstić information content (AvgIpc) is 2.05. The molecule has 1 nitrogen and oxygen atoms in total. The molecule has 0 aliphatic heterocycles. The highest BCUT2D eigenvalue weighted by Gasteiger charge is 1.89. The van der Waals surface area contributed by atoms with Crippen molar-refractivity contribution in [3.8, 4) is 0 Å². The van der Waals surface area contributed by atoms with Crippen LogP contribution in [0.3, 0.4) is 0 Å². The molecule has 0 saturated heterocycles. The molecule has 0 fully saturated rings. The maximum atomic E-state index is 3.68. The minimum Gasteiger partial charge on any atom is -0.388 e. The molecule has 1 heteroatoms. The Balaban J connectivity index is 4.50. The second-order valence-corrected chi connectivity index (χ2v) is 2.15. The van der Waals surface area contributed by atoms with Gasteiger partial charge in [-0.1, -0.05) is 31.4 Å². The van der Waals surface area contributed by atoms with Crippen LogP contribution in [0.15, 0.2) is 48.7 Å². The first-order chi connectivity index (χ1) is 5.26. The van der Waals surface area contributed by atoms with E-state index >= 15 is 0 Å². The van der Waals surface area contributed by atoms with E-state index in [9.17, 15) is 0 Å². The van der Waals surface area contributed by atoms with E-state index in [1.54, 1.807) is 6.08 Å². The van der Waals surface area contributed by atoms with Gasteiger partial charge in [-0.3, -0.25) is 0 Å². The molecule has 0 unspecified atom stereocenters. The van der Waals surface area contributed by atoms with Crippen molar-refractivity contribution in [1.82, 2.24) is 5.32 Å². The van der Waals surface area contributed by atoms with E-state index in [-0.39, 0.29) is 0 Å². The molecule has 0 amide bonds. The number of likely N-dealkylation sites (N-methyl/N-ethyl adjacent to an activating group) is 1. The normalized spacial score (nSPS) is 12.5. The quantitative estimate of drug-likeness (QED) is 0.605. The molecular weight excluding hydrogens is 134 g/mol. The summed E-state index contributed by atoms with van der Waals surface area (Å²) in [5, 5.41) is 3.06. The van der Waals surface area contributed by atoms with Crippen LogP contribution < -0.4 is 5.32 Å². The lowest BCUT2D eigenvalue weighted by molar-refractivity contribution is 1.01. The van der Waals surface area contributed by atoms with Gasteiger partial charge in [0.25, 0.3) is 0 Å². The summed E-state index contributed by atoms with van der Waals surface area (Å²) in [6, 6.07) is 0. The minimum absolute atomic E-state index is 1.07. The number of hydrogen-bond donors (Lipinski definition) is 1. The number of nitrogens with one attached hydrogen (secondary N) is 1. The molecule has 0 heterocycles. The van der Waals surface area contributed by atoms with Gasteiger partial charge in [-0.2, -0.15) is 0 Å². The lowest BCUT2D eigenvalue weighted by Gasteiger charge is -2.02. The monoisotopic (exact) mass is 149 g/mol. The van der Waals surface area contributed by atoms with Gasteiger partial charge in [0.1, 0.15) is 0 Å². The zero-order valence-electron chi connectivity index (χ0n) is 7.22. The Labute approximate surface area is 68.8 Å². The molecule has 0 atom stereocenters.